The second-order valence-corrected chi connectivity index (χ2v) is 4.86. The molecule has 0 saturated carbocycles. The predicted molar refractivity (Wildman–Crippen MR) is 89.3 cm³/mol. The van der Waals surface area contributed by atoms with Gasteiger partial charge in [-0.2, -0.15) is 0 Å². The average molecular weight is 331 g/mol. The fraction of sp³-hybridized carbons (Fsp3) is 0.176. The molecule has 7 heteroatoms. The Labute approximate surface area is 139 Å². The Morgan fingerprint density at radius 3 is 2.12 bits per heavy atom. The molecule has 0 radical (unpaired) electrons. The minimum absolute atomic E-state index is 0.286. The number of carbonyl (C=O) groups excluding carboxylic acids is 2. The van der Waals surface area contributed by atoms with E-state index in [9.17, 15) is 14.0 Å². The summed E-state index contributed by atoms with van der Waals surface area (Å²) in [6.45, 7) is 2.30. The van der Waals surface area contributed by atoms with Crippen LogP contribution < -0.4 is 16.0 Å². The van der Waals surface area contributed by atoms with E-state index in [1.165, 1.54) is 12.1 Å². The molecule has 0 aromatic heterocycles. The standard InChI is InChI=1S/C17H18FN3O3/c1-2-24-17(23)21-15-9-7-14(8-10-15)20-16(22)19-11-12-3-5-13(18)6-4-12/h3-10H,2,11H2,1H3,(H,21,23)(H2,19,20,22). The van der Waals surface area contributed by atoms with Crippen molar-refractivity contribution in [3.05, 3.63) is 59.9 Å². The number of hydrogen-bond acceptors (Lipinski definition) is 3. The third-order valence-electron chi connectivity index (χ3n) is 3.03. The number of hydrogen-bond donors (Lipinski definition) is 3. The van der Waals surface area contributed by atoms with Crippen molar-refractivity contribution < 1.29 is 18.7 Å². The Kier molecular flexibility index (Phi) is 6.13. The van der Waals surface area contributed by atoms with Crippen molar-refractivity contribution >= 4 is 23.5 Å². The van der Waals surface area contributed by atoms with Gasteiger partial charge in [-0.05, 0) is 48.9 Å². The van der Waals surface area contributed by atoms with Gasteiger partial charge in [0.05, 0.1) is 6.61 Å². The van der Waals surface area contributed by atoms with E-state index in [0.717, 1.165) is 5.56 Å². The zero-order chi connectivity index (χ0) is 17.4. The fourth-order valence-electron chi connectivity index (χ4n) is 1.88. The van der Waals surface area contributed by atoms with Crippen molar-refractivity contribution in [2.45, 2.75) is 13.5 Å². The third kappa shape index (κ3) is 5.60. The van der Waals surface area contributed by atoms with Crippen LogP contribution in [0.5, 0.6) is 0 Å². The molecule has 0 unspecified atom stereocenters. The molecular weight excluding hydrogens is 313 g/mol. The van der Waals surface area contributed by atoms with Crippen molar-refractivity contribution in [3.63, 3.8) is 0 Å². The molecule has 0 spiro atoms. The number of nitrogens with one attached hydrogen (secondary N) is 3. The molecule has 2 aromatic carbocycles. The molecule has 2 aromatic rings. The Morgan fingerprint density at radius 2 is 1.54 bits per heavy atom. The molecule has 0 heterocycles. The van der Waals surface area contributed by atoms with Gasteiger partial charge in [0.25, 0.3) is 0 Å². The van der Waals surface area contributed by atoms with Gasteiger partial charge in [-0.25, -0.2) is 14.0 Å². The van der Waals surface area contributed by atoms with Gasteiger partial charge in [0, 0.05) is 17.9 Å². The Morgan fingerprint density at radius 1 is 0.958 bits per heavy atom. The van der Waals surface area contributed by atoms with Crippen LogP contribution >= 0.6 is 0 Å². The maximum Gasteiger partial charge on any atom is 0.411 e. The van der Waals surface area contributed by atoms with E-state index in [1.807, 2.05) is 0 Å². The number of anilines is 2. The van der Waals surface area contributed by atoms with Gasteiger partial charge in [-0.15, -0.1) is 0 Å². The van der Waals surface area contributed by atoms with E-state index in [2.05, 4.69) is 16.0 Å². The monoisotopic (exact) mass is 331 g/mol. The summed E-state index contributed by atoms with van der Waals surface area (Å²) in [7, 11) is 0. The molecule has 24 heavy (non-hydrogen) atoms. The number of carbonyl (C=O) groups is 2. The summed E-state index contributed by atoms with van der Waals surface area (Å²) in [5, 5.41) is 7.88. The van der Waals surface area contributed by atoms with Crippen molar-refractivity contribution in [2.75, 3.05) is 17.2 Å². The van der Waals surface area contributed by atoms with Crippen LogP contribution in [0.25, 0.3) is 0 Å². The number of amides is 3. The number of ether oxygens (including phenoxy) is 1. The molecule has 0 atom stereocenters. The van der Waals surface area contributed by atoms with E-state index >= 15 is 0 Å². The fourth-order valence-corrected chi connectivity index (χ4v) is 1.88. The molecule has 0 bridgehead atoms. The third-order valence-corrected chi connectivity index (χ3v) is 3.03. The summed E-state index contributed by atoms with van der Waals surface area (Å²) in [6, 6.07) is 12.1. The van der Waals surface area contributed by atoms with Crippen LogP contribution in [0.1, 0.15) is 12.5 Å². The summed E-state index contributed by atoms with van der Waals surface area (Å²) in [5.41, 5.74) is 1.92. The molecular formula is C17H18FN3O3. The van der Waals surface area contributed by atoms with Crippen molar-refractivity contribution in [1.29, 1.82) is 0 Å². The second kappa shape index (κ2) is 8.52. The first kappa shape index (κ1) is 17.3. The highest BCUT2D eigenvalue weighted by Gasteiger charge is 2.04. The Hall–Kier alpha value is -3.09. The maximum absolute atomic E-state index is 12.8. The van der Waals surface area contributed by atoms with Crippen molar-refractivity contribution in [1.82, 2.24) is 5.32 Å². The first-order valence-corrected chi connectivity index (χ1v) is 7.40. The lowest BCUT2D eigenvalue weighted by atomic mass is 10.2. The van der Waals surface area contributed by atoms with Crippen molar-refractivity contribution in [3.8, 4) is 0 Å². The highest BCUT2D eigenvalue weighted by atomic mass is 19.1. The lowest BCUT2D eigenvalue weighted by Gasteiger charge is -2.09. The van der Waals surface area contributed by atoms with Gasteiger partial charge in [0.2, 0.25) is 0 Å². The Bertz CT molecular complexity index is 687. The van der Waals surface area contributed by atoms with E-state index in [-0.39, 0.29) is 18.4 Å². The van der Waals surface area contributed by atoms with Gasteiger partial charge in [0.1, 0.15) is 5.82 Å². The molecule has 2 rings (SSSR count). The minimum atomic E-state index is -0.532. The lowest BCUT2D eigenvalue weighted by Crippen LogP contribution is -2.28. The minimum Gasteiger partial charge on any atom is -0.450 e. The Balaban J connectivity index is 1.81. The normalized spacial score (nSPS) is 9.92. The number of urea groups is 1. The largest absolute Gasteiger partial charge is 0.450 e. The van der Waals surface area contributed by atoms with E-state index in [1.54, 1.807) is 43.3 Å². The van der Waals surface area contributed by atoms with E-state index in [0.29, 0.717) is 18.0 Å². The molecule has 0 aliphatic heterocycles. The summed E-state index contributed by atoms with van der Waals surface area (Å²) >= 11 is 0. The van der Waals surface area contributed by atoms with E-state index in [4.69, 9.17) is 4.74 Å². The van der Waals surface area contributed by atoms with Gasteiger partial charge in [-0.3, -0.25) is 5.32 Å². The molecule has 3 N–H and O–H groups in total. The maximum atomic E-state index is 12.8. The van der Waals surface area contributed by atoms with Crippen LogP contribution in [-0.2, 0) is 11.3 Å². The van der Waals surface area contributed by atoms with Crippen LogP contribution in [0, 0.1) is 5.82 Å². The summed E-state index contributed by atoms with van der Waals surface area (Å²) in [6.07, 6.45) is -0.532. The molecule has 126 valence electrons. The lowest BCUT2D eigenvalue weighted by molar-refractivity contribution is 0.168. The zero-order valence-electron chi connectivity index (χ0n) is 13.1. The zero-order valence-corrected chi connectivity index (χ0v) is 13.1. The number of halogens is 1. The van der Waals surface area contributed by atoms with Gasteiger partial charge < -0.3 is 15.4 Å². The quantitative estimate of drug-likeness (QED) is 0.781. The SMILES string of the molecule is CCOC(=O)Nc1ccc(NC(=O)NCc2ccc(F)cc2)cc1. The summed E-state index contributed by atoms with van der Waals surface area (Å²) in [4.78, 5) is 23.1. The van der Waals surface area contributed by atoms with Crippen LogP contribution in [0.15, 0.2) is 48.5 Å². The smallest absolute Gasteiger partial charge is 0.411 e. The molecule has 0 saturated heterocycles. The number of benzene rings is 2. The predicted octanol–water partition coefficient (Wildman–Crippen LogP) is 3.72. The molecule has 0 aliphatic rings. The van der Waals surface area contributed by atoms with E-state index < -0.39 is 6.09 Å². The van der Waals surface area contributed by atoms with Crippen LogP contribution in [-0.4, -0.2) is 18.7 Å². The number of rotatable bonds is 5. The highest BCUT2D eigenvalue weighted by Crippen LogP contribution is 2.13. The molecule has 0 fully saturated rings. The molecule has 3 amide bonds. The van der Waals surface area contributed by atoms with Gasteiger partial charge >= 0.3 is 12.1 Å². The molecule has 0 aliphatic carbocycles. The second-order valence-electron chi connectivity index (χ2n) is 4.86. The van der Waals surface area contributed by atoms with Gasteiger partial charge in [-0.1, -0.05) is 12.1 Å². The van der Waals surface area contributed by atoms with Crippen LogP contribution in [0.4, 0.5) is 25.4 Å². The topological polar surface area (TPSA) is 79.5 Å². The summed E-state index contributed by atoms with van der Waals surface area (Å²) < 4.78 is 17.6. The molecule has 6 nitrogen and oxygen atoms in total. The van der Waals surface area contributed by atoms with Crippen LogP contribution in [0.3, 0.4) is 0 Å². The van der Waals surface area contributed by atoms with Crippen molar-refractivity contribution in [2.24, 2.45) is 0 Å². The van der Waals surface area contributed by atoms with Gasteiger partial charge in [0.15, 0.2) is 0 Å². The first-order chi connectivity index (χ1) is 11.6. The summed E-state index contributed by atoms with van der Waals surface area (Å²) in [5.74, 6) is -0.320. The van der Waals surface area contributed by atoms with Crippen LogP contribution in [0.2, 0.25) is 0 Å². The highest BCUT2D eigenvalue weighted by molar-refractivity contribution is 5.90. The first-order valence-electron chi connectivity index (χ1n) is 7.40. The average Bonchev–Trinajstić information content (AvgIpc) is 2.56.